The molecule has 0 amide bonds. The Balaban J connectivity index is 3.43. The third kappa shape index (κ3) is 14.5. The minimum absolute atomic E-state index is 0.0295. The van der Waals surface area contributed by atoms with Crippen molar-refractivity contribution in [1.82, 2.24) is 0 Å². The molecule has 3 heteroatoms. The fourth-order valence-electron chi connectivity index (χ4n) is 2.66. The van der Waals surface area contributed by atoms with Gasteiger partial charge in [0.25, 0.3) is 0 Å². The Hall–Kier alpha value is -0.240. The number of hydrogen-bond donors (Lipinski definition) is 0. The van der Waals surface area contributed by atoms with Gasteiger partial charge in [-0.25, -0.2) is 0 Å². The summed E-state index contributed by atoms with van der Waals surface area (Å²) in [7, 11) is 0. The van der Waals surface area contributed by atoms with Gasteiger partial charge in [-0.2, -0.15) is 0 Å². The van der Waals surface area contributed by atoms with Crippen molar-refractivity contribution in [3.8, 4) is 0 Å². The van der Waals surface area contributed by atoms with E-state index in [-0.39, 0.29) is 18.0 Å². The van der Waals surface area contributed by atoms with Crippen molar-refractivity contribution in [1.29, 1.82) is 0 Å². The third-order valence-electron chi connectivity index (χ3n) is 3.90. The highest BCUT2D eigenvalue weighted by molar-refractivity contribution is 6.26. The highest BCUT2D eigenvalue weighted by atomic mass is 35.5. The van der Waals surface area contributed by atoms with Gasteiger partial charge in [0.05, 0.1) is 0 Å². The van der Waals surface area contributed by atoms with Crippen LogP contribution in [-0.2, 0) is 9.53 Å². The molecule has 0 aliphatic heterocycles. The zero-order valence-electron chi connectivity index (χ0n) is 14.2. The molecule has 0 fully saturated rings. The van der Waals surface area contributed by atoms with E-state index in [2.05, 4.69) is 13.8 Å². The number of esters is 1. The van der Waals surface area contributed by atoms with Crippen LogP contribution in [0.1, 0.15) is 97.3 Å². The van der Waals surface area contributed by atoms with Gasteiger partial charge in [-0.3, -0.25) is 4.79 Å². The second-order valence-electron chi connectivity index (χ2n) is 6.00. The highest BCUT2D eigenvalue weighted by Crippen LogP contribution is 2.15. The largest absolute Gasteiger partial charge is 0.461 e. The van der Waals surface area contributed by atoms with Crippen LogP contribution in [0.15, 0.2) is 0 Å². The van der Waals surface area contributed by atoms with Crippen LogP contribution in [0.3, 0.4) is 0 Å². The molecule has 0 aromatic carbocycles. The summed E-state index contributed by atoms with van der Waals surface area (Å²) in [5.41, 5.74) is 0. The predicted molar refractivity (Wildman–Crippen MR) is 92.0 cm³/mol. The summed E-state index contributed by atoms with van der Waals surface area (Å²) in [4.78, 5) is 11.2. The number of halogens is 1. The Kier molecular flexibility index (Phi) is 16.0. The van der Waals surface area contributed by atoms with Crippen molar-refractivity contribution < 1.29 is 9.53 Å². The second kappa shape index (κ2) is 16.1. The fraction of sp³-hybridized carbons (Fsp3) is 0.944. The van der Waals surface area contributed by atoms with Gasteiger partial charge >= 0.3 is 5.97 Å². The van der Waals surface area contributed by atoms with Gasteiger partial charge in [-0.15, -0.1) is 11.6 Å². The molecule has 0 N–H and O–H groups in total. The Morgan fingerprint density at radius 2 is 1.33 bits per heavy atom. The maximum absolute atomic E-state index is 11.2. The Labute approximate surface area is 137 Å². The molecule has 0 aromatic rings. The van der Waals surface area contributed by atoms with Crippen LogP contribution in [0.5, 0.6) is 0 Å². The maximum Gasteiger partial charge on any atom is 0.321 e. The molecule has 21 heavy (non-hydrogen) atoms. The molecule has 2 nitrogen and oxygen atoms in total. The summed E-state index contributed by atoms with van der Waals surface area (Å²) < 4.78 is 5.35. The van der Waals surface area contributed by atoms with Crippen LogP contribution in [-0.4, -0.2) is 18.0 Å². The summed E-state index contributed by atoms with van der Waals surface area (Å²) in [5, 5.41) is 0. The van der Waals surface area contributed by atoms with Gasteiger partial charge in [0.15, 0.2) is 0 Å². The first kappa shape index (κ1) is 20.8. The minimum atomic E-state index is -0.276. The van der Waals surface area contributed by atoms with Gasteiger partial charge < -0.3 is 4.74 Å². The molecule has 0 heterocycles. The standard InChI is InChI=1S/C18H35ClO2/c1-3-5-6-7-8-9-10-11-12-13-15-17(14-4-2)21-18(20)16-19/h17H,3-16H2,1-2H3. The second-order valence-corrected chi connectivity index (χ2v) is 6.27. The quantitative estimate of drug-likeness (QED) is 0.203. The summed E-state index contributed by atoms with van der Waals surface area (Å²) in [6.07, 6.45) is 16.5. The van der Waals surface area contributed by atoms with Crippen molar-refractivity contribution in [3.05, 3.63) is 0 Å². The van der Waals surface area contributed by atoms with Crippen molar-refractivity contribution in [2.45, 2.75) is 103 Å². The number of unbranched alkanes of at least 4 members (excludes halogenated alkanes) is 9. The molecular weight excluding hydrogens is 284 g/mol. The number of hydrogen-bond acceptors (Lipinski definition) is 2. The molecule has 0 aliphatic carbocycles. The fourth-order valence-corrected chi connectivity index (χ4v) is 2.72. The van der Waals surface area contributed by atoms with Crippen molar-refractivity contribution in [2.75, 3.05) is 5.88 Å². The van der Waals surface area contributed by atoms with E-state index in [1.54, 1.807) is 0 Å². The van der Waals surface area contributed by atoms with Gasteiger partial charge in [0, 0.05) is 0 Å². The van der Waals surface area contributed by atoms with E-state index in [4.69, 9.17) is 16.3 Å². The van der Waals surface area contributed by atoms with E-state index >= 15 is 0 Å². The minimum Gasteiger partial charge on any atom is -0.461 e. The normalized spacial score (nSPS) is 12.3. The molecule has 1 atom stereocenters. The van der Waals surface area contributed by atoms with E-state index < -0.39 is 0 Å². The van der Waals surface area contributed by atoms with E-state index in [0.717, 1.165) is 25.7 Å². The monoisotopic (exact) mass is 318 g/mol. The molecule has 0 radical (unpaired) electrons. The van der Waals surface area contributed by atoms with E-state index in [0.29, 0.717) is 0 Å². The summed E-state index contributed by atoms with van der Waals surface area (Å²) in [6.45, 7) is 4.39. The van der Waals surface area contributed by atoms with E-state index in [1.165, 1.54) is 57.8 Å². The lowest BCUT2D eigenvalue weighted by molar-refractivity contribution is -0.146. The van der Waals surface area contributed by atoms with Crippen molar-refractivity contribution in [3.63, 3.8) is 0 Å². The number of carbonyl (C=O) groups excluding carboxylic acids is 1. The molecule has 0 aliphatic rings. The molecule has 0 rings (SSSR count). The van der Waals surface area contributed by atoms with Gasteiger partial charge in [0.1, 0.15) is 12.0 Å². The van der Waals surface area contributed by atoms with Crippen LogP contribution in [0.2, 0.25) is 0 Å². The molecule has 126 valence electrons. The summed E-state index contributed by atoms with van der Waals surface area (Å²) in [6, 6.07) is 0. The summed E-state index contributed by atoms with van der Waals surface area (Å²) in [5.74, 6) is -0.305. The molecule has 0 spiro atoms. The lowest BCUT2D eigenvalue weighted by Crippen LogP contribution is -2.18. The SMILES string of the molecule is CCCCCCCCCCCCC(CCC)OC(=O)CCl. The molecule has 0 bridgehead atoms. The third-order valence-corrected chi connectivity index (χ3v) is 4.12. The smallest absolute Gasteiger partial charge is 0.321 e. The van der Waals surface area contributed by atoms with Gasteiger partial charge in [0.2, 0.25) is 0 Å². The van der Waals surface area contributed by atoms with Crippen LogP contribution in [0.25, 0.3) is 0 Å². The number of ether oxygens (including phenoxy) is 1. The molecule has 0 saturated heterocycles. The molecule has 0 aromatic heterocycles. The van der Waals surface area contributed by atoms with Crippen LogP contribution < -0.4 is 0 Å². The molecular formula is C18H35ClO2. The first-order valence-electron chi connectivity index (χ1n) is 9.00. The van der Waals surface area contributed by atoms with Gasteiger partial charge in [-0.05, 0) is 19.3 Å². The average molecular weight is 319 g/mol. The zero-order valence-corrected chi connectivity index (χ0v) is 14.9. The van der Waals surface area contributed by atoms with Crippen LogP contribution in [0, 0.1) is 0 Å². The number of carbonyl (C=O) groups is 1. The predicted octanol–water partition coefficient (Wildman–Crippen LogP) is 6.25. The summed E-state index contributed by atoms with van der Waals surface area (Å²) >= 11 is 5.49. The van der Waals surface area contributed by atoms with Crippen molar-refractivity contribution >= 4 is 17.6 Å². The molecule has 0 saturated carbocycles. The van der Waals surface area contributed by atoms with Crippen molar-refractivity contribution in [2.24, 2.45) is 0 Å². The van der Waals surface area contributed by atoms with E-state index in [1.807, 2.05) is 0 Å². The lowest BCUT2D eigenvalue weighted by atomic mass is 10.0. The Bertz CT molecular complexity index is 231. The Morgan fingerprint density at radius 1 is 0.810 bits per heavy atom. The molecule has 1 unspecified atom stereocenters. The zero-order chi connectivity index (χ0) is 15.8. The number of rotatable bonds is 15. The lowest BCUT2D eigenvalue weighted by Gasteiger charge is -2.16. The first-order valence-corrected chi connectivity index (χ1v) is 9.53. The first-order chi connectivity index (χ1) is 10.2. The Morgan fingerprint density at radius 3 is 1.81 bits per heavy atom. The van der Waals surface area contributed by atoms with Crippen LogP contribution in [0.4, 0.5) is 0 Å². The maximum atomic E-state index is 11.2. The average Bonchev–Trinajstić information content (AvgIpc) is 2.49. The number of alkyl halides is 1. The topological polar surface area (TPSA) is 26.3 Å². The van der Waals surface area contributed by atoms with E-state index in [9.17, 15) is 4.79 Å². The van der Waals surface area contributed by atoms with Crippen LogP contribution >= 0.6 is 11.6 Å². The highest BCUT2D eigenvalue weighted by Gasteiger charge is 2.12. The van der Waals surface area contributed by atoms with Gasteiger partial charge in [-0.1, -0.05) is 78.1 Å².